The van der Waals surface area contributed by atoms with Crippen molar-refractivity contribution in [2.24, 2.45) is 5.92 Å². The van der Waals surface area contributed by atoms with Crippen molar-refractivity contribution in [1.29, 1.82) is 0 Å². The molecule has 3 heteroatoms. The predicted molar refractivity (Wildman–Crippen MR) is 85.8 cm³/mol. The van der Waals surface area contributed by atoms with E-state index in [1.165, 1.54) is 10.5 Å². The summed E-state index contributed by atoms with van der Waals surface area (Å²) in [5, 5.41) is 9.54. The van der Waals surface area contributed by atoms with Gasteiger partial charge in [-0.25, -0.2) is 0 Å². The van der Waals surface area contributed by atoms with Gasteiger partial charge < -0.3 is 10.0 Å². The third-order valence-electron chi connectivity index (χ3n) is 4.65. The van der Waals surface area contributed by atoms with Gasteiger partial charge in [0.1, 0.15) is 6.54 Å². The van der Waals surface area contributed by atoms with Crippen molar-refractivity contribution in [3.63, 3.8) is 0 Å². The summed E-state index contributed by atoms with van der Waals surface area (Å²) in [4.78, 5) is 13.1. The molecule has 3 nitrogen and oxygen atoms in total. The fourth-order valence-electron chi connectivity index (χ4n) is 3.51. The SMILES string of the molecule is O=C(O)C1CC[NH+](Cc2ccccc2)CC1c1ccccc1. The van der Waals surface area contributed by atoms with Crippen LogP contribution in [0, 0.1) is 5.92 Å². The van der Waals surface area contributed by atoms with Gasteiger partial charge in [-0.1, -0.05) is 60.7 Å². The number of carbonyl (C=O) groups is 1. The first-order valence-electron chi connectivity index (χ1n) is 7.89. The molecule has 1 aliphatic heterocycles. The largest absolute Gasteiger partial charge is 0.481 e. The summed E-state index contributed by atoms with van der Waals surface area (Å²) in [6, 6.07) is 20.6. The van der Waals surface area contributed by atoms with Crippen molar-refractivity contribution in [2.45, 2.75) is 18.9 Å². The maximum Gasteiger partial charge on any atom is 0.307 e. The van der Waals surface area contributed by atoms with Gasteiger partial charge in [0.2, 0.25) is 0 Å². The van der Waals surface area contributed by atoms with E-state index < -0.39 is 5.97 Å². The summed E-state index contributed by atoms with van der Waals surface area (Å²) in [5.74, 6) is -0.819. The van der Waals surface area contributed by atoms with Gasteiger partial charge in [0.15, 0.2) is 0 Å². The van der Waals surface area contributed by atoms with Gasteiger partial charge in [-0.2, -0.15) is 0 Å². The molecule has 3 atom stereocenters. The van der Waals surface area contributed by atoms with Crippen LogP contribution in [0.1, 0.15) is 23.5 Å². The minimum absolute atomic E-state index is 0.103. The molecule has 0 aliphatic carbocycles. The number of carboxylic acid groups (broad SMARTS) is 1. The fraction of sp³-hybridized carbons (Fsp3) is 0.316. The molecule has 1 saturated heterocycles. The first kappa shape index (κ1) is 14.8. The van der Waals surface area contributed by atoms with Crippen molar-refractivity contribution in [1.82, 2.24) is 0 Å². The van der Waals surface area contributed by atoms with Crippen LogP contribution in [0.4, 0.5) is 0 Å². The van der Waals surface area contributed by atoms with E-state index in [-0.39, 0.29) is 11.8 Å². The van der Waals surface area contributed by atoms with Crippen molar-refractivity contribution in [3.05, 3.63) is 71.8 Å². The van der Waals surface area contributed by atoms with Crippen LogP contribution in [0.2, 0.25) is 0 Å². The Morgan fingerprint density at radius 2 is 1.68 bits per heavy atom. The Hall–Kier alpha value is -2.13. The van der Waals surface area contributed by atoms with Crippen LogP contribution in [0.15, 0.2) is 60.7 Å². The average Bonchev–Trinajstić information content (AvgIpc) is 2.56. The Labute approximate surface area is 131 Å². The van der Waals surface area contributed by atoms with E-state index >= 15 is 0 Å². The fourth-order valence-corrected chi connectivity index (χ4v) is 3.51. The zero-order valence-corrected chi connectivity index (χ0v) is 12.6. The van der Waals surface area contributed by atoms with E-state index in [4.69, 9.17) is 0 Å². The van der Waals surface area contributed by atoms with Crippen LogP contribution in [0.3, 0.4) is 0 Å². The number of carboxylic acids is 1. The van der Waals surface area contributed by atoms with Gasteiger partial charge >= 0.3 is 5.97 Å². The van der Waals surface area contributed by atoms with E-state index in [0.29, 0.717) is 0 Å². The highest BCUT2D eigenvalue weighted by molar-refractivity contribution is 5.71. The lowest BCUT2D eigenvalue weighted by atomic mass is 9.80. The molecule has 114 valence electrons. The highest BCUT2D eigenvalue weighted by Gasteiger charge is 2.37. The second-order valence-electron chi connectivity index (χ2n) is 6.12. The lowest BCUT2D eigenvalue weighted by Crippen LogP contribution is -3.12. The highest BCUT2D eigenvalue weighted by atomic mass is 16.4. The number of aliphatic carboxylic acids is 1. The number of likely N-dealkylation sites (tertiary alicyclic amines) is 1. The molecule has 0 aromatic heterocycles. The van der Waals surface area contributed by atoms with Crippen LogP contribution in [0.25, 0.3) is 0 Å². The Kier molecular flexibility index (Phi) is 4.54. The zero-order chi connectivity index (χ0) is 15.4. The Bertz CT molecular complexity index is 612. The Balaban J connectivity index is 1.77. The van der Waals surface area contributed by atoms with Crippen molar-refractivity contribution in [3.8, 4) is 0 Å². The molecular formula is C19H22NO2+. The number of piperidine rings is 1. The minimum atomic E-state index is -0.660. The molecule has 2 aromatic rings. The zero-order valence-electron chi connectivity index (χ0n) is 12.6. The van der Waals surface area contributed by atoms with E-state index in [1.807, 2.05) is 24.3 Å². The summed E-state index contributed by atoms with van der Waals surface area (Å²) in [5.41, 5.74) is 2.47. The molecule has 3 unspecified atom stereocenters. The van der Waals surface area contributed by atoms with Gasteiger partial charge in [0, 0.05) is 17.9 Å². The van der Waals surface area contributed by atoms with Crippen LogP contribution >= 0.6 is 0 Å². The quantitative estimate of drug-likeness (QED) is 0.905. The molecule has 0 radical (unpaired) electrons. The number of nitrogens with one attached hydrogen (secondary N) is 1. The minimum Gasteiger partial charge on any atom is -0.481 e. The second-order valence-corrected chi connectivity index (χ2v) is 6.12. The first-order valence-corrected chi connectivity index (χ1v) is 7.89. The molecule has 22 heavy (non-hydrogen) atoms. The number of hydrogen-bond acceptors (Lipinski definition) is 1. The lowest BCUT2D eigenvalue weighted by Gasteiger charge is -2.34. The molecule has 2 aromatic carbocycles. The maximum absolute atomic E-state index is 11.6. The van der Waals surface area contributed by atoms with Gasteiger partial charge in [-0.05, 0) is 5.56 Å². The van der Waals surface area contributed by atoms with Crippen LogP contribution in [-0.2, 0) is 11.3 Å². The molecule has 1 heterocycles. The standard InChI is InChI=1S/C19H21NO2/c21-19(22)17-11-12-20(13-15-7-3-1-4-8-15)14-18(17)16-9-5-2-6-10-16/h1-10,17-18H,11-14H2,(H,21,22)/p+1. The van der Waals surface area contributed by atoms with Crippen LogP contribution in [-0.4, -0.2) is 24.2 Å². The molecule has 3 rings (SSSR count). The maximum atomic E-state index is 11.6. The van der Waals surface area contributed by atoms with Crippen LogP contribution in [0.5, 0.6) is 0 Å². The predicted octanol–water partition coefficient (Wildman–Crippen LogP) is 1.96. The average molecular weight is 296 g/mol. The van der Waals surface area contributed by atoms with Crippen molar-refractivity contribution < 1.29 is 14.8 Å². The molecule has 0 bridgehead atoms. The summed E-state index contributed by atoms with van der Waals surface area (Å²) in [6.07, 6.45) is 0.747. The highest BCUT2D eigenvalue weighted by Crippen LogP contribution is 2.28. The molecule has 1 aliphatic rings. The van der Waals surface area contributed by atoms with Gasteiger partial charge in [0.25, 0.3) is 0 Å². The number of rotatable bonds is 4. The lowest BCUT2D eigenvalue weighted by molar-refractivity contribution is -0.921. The van der Waals surface area contributed by atoms with Gasteiger partial charge in [0.05, 0.1) is 19.0 Å². The van der Waals surface area contributed by atoms with Crippen molar-refractivity contribution >= 4 is 5.97 Å². The summed E-state index contributed by atoms with van der Waals surface area (Å²) in [6.45, 7) is 2.78. The third kappa shape index (κ3) is 3.37. The molecule has 1 fully saturated rings. The number of quaternary nitrogens is 1. The van der Waals surface area contributed by atoms with Crippen molar-refractivity contribution in [2.75, 3.05) is 13.1 Å². The third-order valence-corrected chi connectivity index (χ3v) is 4.65. The van der Waals surface area contributed by atoms with Gasteiger partial charge in [-0.15, -0.1) is 0 Å². The first-order chi connectivity index (χ1) is 10.7. The normalized spacial score (nSPS) is 24.8. The molecule has 0 spiro atoms. The topological polar surface area (TPSA) is 41.7 Å². The van der Waals surface area contributed by atoms with Crippen LogP contribution < -0.4 is 4.90 Å². The Morgan fingerprint density at radius 3 is 2.32 bits per heavy atom. The van der Waals surface area contributed by atoms with E-state index in [1.54, 1.807) is 0 Å². The summed E-state index contributed by atoms with van der Waals surface area (Å²) < 4.78 is 0. The molecular weight excluding hydrogens is 274 g/mol. The number of benzene rings is 2. The van der Waals surface area contributed by atoms with Gasteiger partial charge in [-0.3, -0.25) is 4.79 Å². The molecule has 0 amide bonds. The summed E-state index contributed by atoms with van der Waals surface area (Å²) in [7, 11) is 0. The smallest absolute Gasteiger partial charge is 0.307 e. The molecule has 0 saturated carbocycles. The Morgan fingerprint density at radius 1 is 1.05 bits per heavy atom. The van der Waals surface area contributed by atoms with E-state index in [0.717, 1.165) is 31.6 Å². The monoisotopic (exact) mass is 296 g/mol. The van der Waals surface area contributed by atoms with E-state index in [2.05, 4.69) is 36.4 Å². The van der Waals surface area contributed by atoms with E-state index in [9.17, 15) is 9.90 Å². The molecule has 2 N–H and O–H groups in total. The second kappa shape index (κ2) is 6.75. The number of hydrogen-bond donors (Lipinski definition) is 2. The summed E-state index contributed by atoms with van der Waals surface area (Å²) >= 11 is 0.